The Labute approximate surface area is 229 Å². The normalized spacial score (nSPS) is 16.7. The first-order chi connectivity index (χ1) is 18.7. The van der Waals surface area contributed by atoms with E-state index in [0.717, 1.165) is 27.8 Å². The van der Waals surface area contributed by atoms with Crippen molar-refractivity contribution in [2.45, 2.75) is 33.2 Å². The van der Waals surface area contributed by atoms with Crippen LogP contribution in [-0.2, 0) is 9.59 Å². The monoisotopic (exact) mass is 544 g/mol. The van der Waals surface area contributed by atoms with Crippen LogP contribution in [0.5, 0.6) is 17.2 Å². The van der Waals surface area contributed by atoms with Gasteiger partial charge in [0.05, 0.1) is 35.5 Å². The van der Waals surface area contributed by atoms with Gasteiger partial charge in [-0.1, -0.05) is 42.5 Å². The van der Waals surface area contributed by atoms with Crippen molar-refractivity contribution in [1.29, 1.82) is 0 Å². The summed E-state index contributed by atoms with van der Waals surface area (Å²) in [4.78, 5) is 33.2. The average Bonchev–Trinajstić information content (AvgIpc) is 3.46. The molecule has 0 saturated carbocycles. The second-order valence-corrected chi connectivity index (χ2v) is 10.4. The number of rotatable bonds is 7. The number of hydrogen-bond donors (Lipinski definition) is 2. The number of ketones is 1. The number of aryl methyl sites for hydroxylation is 2. The molecule has 1 amide bonds. The molecule has 8 nitrogen and oxygen atoms in total. The number of Topliss-reactive ketones (excluding diaryl/α,β-unsaturated/α-hetero) is 1. The summed E-state index contributed by atoms with van der Waals surface area (Å²) in [6.45, 7) is 6.42. The standard InChI is InChI=1S/C30H28N2O6S/c1-5-11-38-20-8-6-7-19(14-20)27(34)24-26(18-9-10-21(33)22(15-18)37-4)32(29(36)28(24)35)30-31-25-17(3)12-16(2)13-23(25)39-30/h6-10,12-15,26,33-34H,5,11H2,1-4H3. The molecule has 1 saturated heterocycles. The molecule has 0 radical (unpaired) electrons. The number of methoxy groups -OCH3 is 1. The Bertz CT molecular complexity index is 1640. The molecule has 9 heteroatoms. The number of carbonyl (C=O) groups excluding carboxylic acids is 2. The topological polar surface area (TPSA) is 109 Å². The predicted octanol–water partition coefficient (Wildman–Crippen LogP) is 6.04. The molecule has 0 aliphatic carbocycles. The van der Waals surface area contributed by atoms with Gasteiger partial charge in [0.1, 0.15) is 11.5 Å². The zero-order chi connectivity index (χ0) is 27.8. The Hall–Kier alpha value is -4.37. The van der Waals surface area contributed by atoms with Crippen LogP contribution in [-0.4, -0.2) is 40.6 Å². The van der Waals surface area contributed by atoms with E-state index in [4.69, 9.17) is 14.5 Å². The van der Waals surface area contributed by atoms with Crippen LogP contribution in [0.25, 0.3) is 16.0 Å². The number of carbonyl (C=O) groups is 2. The van der Waals surface area contributed by atoms with Crippen LogP contribution >= 0.6 is 11.3 Å². The van der Waals surface area contributed by atoms with Crippen molar-refractivity contribution in [2.24, 2.45) is 0 Å². The third kappa shape index (κ3) is 4.70. The largest absolute Gasteiger partial charge is 0.507 e. The van der Waals surface area contributed by atoms with Gasteiger partial charge in [-0.15, -0.1) is 0 Å². The molecule has 1 atom stereocenters. The van der Waals surface area contributed by atoms with Crippen molar-refractivity contribution in [3.05, 3.63) is 82.4 Å². The van der Waals surface area contributed by atoms with Crippen molar-refractivity contribution < 1.29 is 29.3 Å². The number of nitrogens with zero attached hydrogens (tertiary/aromatic N) is 2. The molecule has 200 valence electrons. The summed E-state index contributed by atoms with van der Waals surface area (Å²) in [5, 5.41) is 22.0. The maximum atomic E-state index is 13.6. The number of aliphatic hydroxyl groups excluding tert-OH is 1. The minimum Gasteiger partial charge on any atom is -0.507 e. The van der Waals surface area contributed by atoms with Crippen LogP contribution in [0, 0.1) is 13.8 Å². The predicted molar refractivity (Wildman–Crippen MR) is 151 cm³/mol. The summed E-state index contributed by atoms with van der Waals surface area (Å²) in [6, 6.07) is 14.3. The van der Waals surface area contributed by atoms with Crippen molar-refractivity contribution >= 4 is 44.1 Å². The number of amides is 1. The van der Waals surface area contributed by atoms with Gasteiger partial charge >= 0.3 is 5.91 Å². The molecule has 1 unspecified atom stereocenters. The lowest BCUT2D eigenvalue weighted by Crippen LogP contribution is -2.29. The SMILES string of the molecule is CCCOc1cccc(C(O)=C2C(=O)C(=O)N(c3nc4c(C)cc(C)cc4s3)C2c2ccc(O)c(OC)c2)c1. The zero-order valence-corrected chi connectivity index (χ0v) is 22.8. The van der Waals surface area contributed by atoms with Gasteiger partial charge in [0, 0.05) is 5.56 Å². The molecule has 4 aromatic rings. The van der Waals surface area contributed by atoms with Gasteiger partial charge in [0.2, 0.25) is 0 Å². The summed E-state index contributed by atoms with van der Waals surface area (Å²) in [6.07, 6.45) is 0.811. The maximum absolute atomic E-state index is 13.6. The van der Waals surface area contributed by atoms with Crippen molar-refractivity contribution in [1.82, 2.24) is 4.98 Å². The van der Waals surface area contributed by atoms with E-state index in [2.05, 4.69) is 0 Å². The Balaban J connectivity index is 1.72. The number of hydrogen-bond acceptors (Lipinski definition) is 8. The second-order valence-electron chi connectivity index (χ2n) is 9.40. The van der Waals surface area contributed by atoms with Crippen molar-refractivity contribution in [3.8, 4) is 17.2 Å². The first kappa shape index (κ1) is 26.2. The molecule has 1 aliphatic heterocycles. The molecule has 0 bridgehead atoms. The number of benzene rings is 3. The van der Waals surface area contributed by atoms with Gasteiger partial charge in [0.25, 0.3) is 5.78 Å². The smallest absolute Gasteiger partial charge is 0.301 e. The van der Waals surface area contributed by atoms with E-state index in [1.807, 2.05) is 32.9 Å². The third-order valence-corrected chi connectivity index (χ3v) is 7.57. The third-order valence-electron chi connectivity index (χ3n) is 6.57. The van der Waals surface area contributed by atoms with Gasteiger partial charge in [-0.3, -0.25) is 14.5 Å². The number of thiazole rings is 1. The van der Waals surface area contributed by atoms with Crippen LogP contribution in [0.1, 0.15) is 41.6 Å². The number of aromatic nitrogens is 1. The molecule has 3 aromatic carbocycles. The number of aromatic hydroxyl groups is 1. The van der Waals surface area contributed by atoms with Crippen LogP contribution in [0.2, 0.25) is 0 Å². The first-order valence-corrected chi connectivity index (χ1v) is 13.3. The van der Waals surface area contributed by atoms with Crippen molar-refractivity contribution in [2.75, 3.05) is 18.6 Å². The Morgan fingerprint density at radius 3 is 2.64 bits per heavy atom. The highest BCUT2D eigenvalue weighted by Gasteiger charge is 2.48. The second kappa shape index (κ2) is 10.4. The lowest BCUT2D eigenvalue weighted by atomic mass is 9.95. The molecule has 39 heavy (non-hydrogen) atoms. The average molecular weight is 545 g/mol. The Kier molecular flexibility index (Phi) is 7.01. The molecule has 2 heterocycles. The summed E-state index contributed by atoms with van der Waals surface area (Å²) in [5.74, 6) is -1.36. The number of ether oxygens (including phenoxy) is 2. The van der Waals surface area contributed by atoms with E-state index in [1.54, 1.807) is 36.4 Å². The molecule has 0 spiro atoms. The van der Waals surface area contributed by atoms with Gasteiger partial charge < -0.3 is 19.7 Å². The van der Waals surface area contributed by atoms with Crippen LogP contribution in [0.15, 0.2) is 60.2 Å². The van der Waals surface area contributed by atoms with Crippen LogP contribution < -0.4 is 14.4 Å². The molecule has 5 rings (SSSR count). The molecule has 1 aliphatic rings. The van der Waals surface area contributed by atoms with E-state index < -0.39 is 17.7 Å². The number of anilines is 1. The quantitative estimate of drug-likeness (QED) is 0.166. The van der Waals surface area contributed by atoms with Gasteiger partial charge in [0.15, 0.2) is 16.6 Å². The lowest BCUT2D eigenvalue weighted by Gasteiger charge is -2.23. The van der Waals surface area contributed by atoms with E-state index in [9.17, 15) is 19.8 Å². The zero-order valence-electron chi connectivity index (χ0n) is 22.0. The fourth-order valence-electron chi connectivity index (χ4n) is 4.78. The summed E-state index contributed by atoms with van der Waals surface area (Å²) in [5.41, 5.74) is 3.47. The highest BCUT2D eigenvalue weighted by Crippen LogP contribution is 2.46. The maximum Gasteiger partial charge on any atom is 0.301 e. The van der Waals surface area contributed by atoms with Crippen molar-refractivity contribution in [3.63, 3.8) is 0 Å². The fraction of sp³-hybridized carbons (Fsp3) is 0.233. The van der Waals surface area contributed by atoms with Crippen LogP contribution in [0.3, 0.4) is 0 Å². The number of fused-ring (bicyclic) bond motifs is 1. The molecule has 1 aromatic heterocycles. The van der Waals surface area contributed by atoms with Gasteiger partial charge in [-0.05, 0) is 67.3 Å². The Morgan fingerprint density at radius 2 is 1.90 bits per heavy atom. The van der Waals surface area contributed by atoms with E-state index >= 15 is 0 Å². The summed E-state index contributed by atoms with van der Waals surface area (Å²) >= 11 is 1.30. The highest BCUT2D eigenvalue weighted by molar-refractivity contribution is 7.22. The number of phenolic OH excluding ortho intramolecular Hbond substituents is 1. The molecular formula is C30H28N2O6S. The van der Waals surface area contributed by atoms with E-state index in [1.165, 1.54) is 29.4 Å². The summed E-state index contributed by atoms with van der Waals surface area (Å²) < 4.78 is 11.9. The fourth-order valence-corrected chi connectivity index (χ4v) is 5.95. The Morgan fingerprint density at radius 1 is 1.10 bits per heavy atom. The summed E-state index contributed by atoms with van der Waals surface area (Å²) in [7, 11) is 1.41. The molecule has 1 fully saturated rings. The van der Waals surface area contributed by atoms with Gasteiger partial charge in [-0.25, -0.2) is 4.98 Å². The minimum absolute atomic E-state index is 0.0902. The van der Waals surface area contributed by atoms with E-state index in [0.29, 0.717) is 28.6 Å². The molecular weight excluding hydrogens is 516 g/mol. The van der Waals surface area contributed by atoms with E-state index in [-0.39, 0.29) is 22.8 Å². The highest BCUT2D eigenvalue weighted by atomic mass is 32.1. The minimum atomic E-state index is -1.01. The van der Waals surface area contributed by atoms with Gasteiger partial charge in [-0.2, -0.15) is 0 Å². The first-order valence-electron chi connectivity index (χ1n) is 12.5. The lowest BCUT2D eigenvalue weighted by molar-refractivity contribution is -0.132. The van der Waals surface area contributed by atoms with Crippen LogP contribution in [0.4, 0.5) is 5.13 Å². The number of aliphatic hydroxyl groups is 1. The number of phenols is 1. The molecule has 2 N–H and O–H groups in total.